The molecule has 72 valence electrons. The highest BCUT2D eigenvalue weighted by molar-refractivity contribution is 7.33. The summed E-state index contributed by atoms with van der Waals surface area (Å²) in [7, 11) is -0.0206. The molecule has 1 aromatic carbocycles. The minimum atomic E-state index is -0.0206. The van der Waals surface area contributed by atoms with Crippen molar-refractivity contribution >= 4 is 15.6 Å². The smallest absolute Gasteiger partial charge is 0.337 e. The van der Waals surface area contributed by atoms with Gasteiger partial charge in [-0.1, -0.05) is 30.3 Å². The quantitative estimate of drug-likeness (QED) is 0.765. The minimum Gasteiger partial charge on any atom is -0.339 e. The third-order valence-corrected chi connectivity index (χ3v) is 4.34. The van der Waals surface area contributed by atoms with Gasteiger partial charge in [0.2, 0.25) is 0 Å². The Morgan fingerprint density at radius 3 is 2.57 bits per heavy atom. The first-order valence-electron chi connectivity index (χ1n) is 4.56. The fraction of sp³-hybridized carbons (Fsp3) is 0.182. The van der Waals surface area contributed by atoms with Gasteiger partial charge in [-0.25, -0.2) is 0 Å². The molecule has 2 atom stereocenters. The van der Waals surface area contributed by atoms with E-state index < -0.39 is 0 Å². The number of nitrogens with two attached hydrogens (primary N) is 1. The molecule has 0 aliphatic heterocycles. The van der Waals surface area contributed by atoms with Crippen LogP contribution in [0, 0.1) is 0 Å². The average Bonchev–Trinajstić information content (AvgIpc) is 2.65. The van der Waals surface area contributed by atoms with Crippen molar-refractivity contribution in [3.63, 3.8) is 0 Å². The van der Waals surface area contributed by atoms with Gasteiger partial charge in [0.05, 0.1) is 6.20 Å². The summed E-state index contributed by atoms with van der Waals surface area (Å²) in [4.78, 5) is 4.09. The van der Waals surface area contributed by atoms with E-state index in [1.807, 2.05) is 6.07 Å². The molecular weight excluding hydrogens is 192 g/mol. The average molecular weight is 205 g/mol. The largest absolute Gasteiger partial charge is 0.339 e. The molecule has 2 unspecified atom stereocenters. The summed E-state index contributed by atoms with van der Waals surface area (Å²) in [5.41, 5.74) is 7.14. The molecule has 14 heavy (non-hydrogen) atoms. The van der Waals surface area contributed by atoms with Gasteiger partial charge in [-0.3, -0.25) is 0 Å². The number of nitrogen functional groups attached to an aromatic ring is 1. The molecule has 2 rings (SSSR count). The zero-order valence-electron chi connectivity index (χ0n) is 8.05. The SMILES string of the molecule is CC(c1ccccc1)[s+]1ccnc1N. The Kier molecular flexibility index (Phi) is 2.50. The Morgan fingerprint density at radius 2 is 2.00 bits per heavy atom. The number of benzene rings is 1. The van der Waals surface area contributed by atoms with Crippen molar-refractivity contribution < 1.29 is 0 Å². The number of rotatable bonds is 2. The van der Waals surface area contributed by atoms with E-state index in [0.29, 0.717) is 5.25 Å². The van der Waals surface area contributed by atoms with Gasteiger partial charge in [0.1, 0.15) is 0 Å². The van der Waals surface area contributed by atoms with Gasteiger partial charge < -0.3 is 5.73 Å². The first-order chi connectivity index (χ1) is 6.79. The second kappa shape index (κ2) is 3.80. The molecule has 0 bridgehead atoms. The molecule has 2 aromatic rings. The molecule has 2 nitrogen and oxygen atoms in total. The van der Waals surface area contributed by atoms with Crippen molar-refractivity contribution in [3.8, 4) is 0 Å². The summed E-state index contributed by atoms with van der Waals surface area (Å²) in [5, 5.41) is 3.27. The zero-order chi connectivity index (χ0) is 9.97. The highest BCUT2D eigenvalue weighted by Gasteiger charge is 2.21. The van der Waals surface area contributed by atoms with Gasteiger partial charge in [-0.15, -0.1) is 0 Å². The highest BCUT2D eigenvalue weighted by Crippen LogP contribution is 2.39. The first kappa shape index (κ1) is 9.21. The maximum atomic E-state index is 5.82. The Labute approximate surface area is 86.4 Å². The number of thiazole rings is 1. The minimum absolute atomic E-state index is 0.0206. The summed E-state index contributed by atoms with van der Waals surface area (Å²) in [6, 6.07) is 10.4. The molecule has 0 aliphatic carbocycles. The molecule has 0 radical (unpaired) electrons. The molecule has 1 heterocycles. The Bertz CT molecular complexity index is 408. The zero-order valence-corrected chi connectivity index (χ0v) is 8.87. The predicted octanol–water partition coefficient (Wildman–Crippen LogP) is 3.02. The van der Waals surface area contributed by atoms with E-state index in [1.165, 1.54) is 5.56 Å². The standard InChI is InChI=1S/C11H13N2S/c1-9(10-5-3-2-4-6-10)14-8-7-13-11(14)12/h2-9H,1H3,(H2,12,13)/q+1. The number of nitrogens with zero attached hydrogens (tertiary/aromatic N) is 1. The lowest BCUT2D eigenvalue weighted by Gasteiger charge is -2.02. The van der Waals surface area contributed by atoms with Crippen molar-refractivity contribution in [2.45, 2.75) is 12.2 Å². The Hall–Kier alpha value is -1.35. The van der Waals surface area contributed by atoms with Gasteiger partial charge in [0.25, 0.3) is 0 Å². The lowest BCUT2D eigenvalue weighted by molar-refractivity contribution is 1.09. The Morgan fingerprint density at radius 1 is 1.29 bits per heavy atom. The van der Waals surface area contributed by atoms with E-state index in [-0.39, 0.29) is 10.5 Å². The lowest BCUT2D eigenvalue weighted by Crippen LogP contribution is -1.91. The van der Waals surface area contributed by atoms with Crippen LogP contribution in [-0.2, 0) is 0 Å². The van der Waals surface area contributed by atoms with Crippen LogP contribution in [0.25, 0.3) is 0 Å². The van der Waals surface area contributed by atoms with Gasteiger partial charge >= 0.3 is 5.13 Å². The van der Waals surface area contributed by atoms with Crippen LogP contribution in [0.5, 0.6) is 0 Å². The van der Waals surface area contributed by atoms with Crippen LogP contribution in [0.4, 0.5) is 5.13 Å². The van der Waals surface area contributed by atoms with Crippen LogP contribution in [0.2, 0.25) is 0 Å². The van der Waals surface area contributed by atoms with E-state index >= 15 is 0 Å². The lowest BCUT2D eigenvalue weighted by atomic mass is 10.2. The van der Waals surface area contributed by atoms with Crippen molar-refractivity contribution in [3.05, 3.63) is 47.5 Å². The fourth-order valence-electron chi connectivity index (χ4n) is 1.47. The van der Waals surface area contributed by atoms with E-state index in [0.717, 1.165) is 5.13 Å². The topological polar surface area (TPSA) is 38.9 Å². The van der Waals surface area contributed by atoms with Crippen LogP contribution < -0.4 is 5.73 Å². The second-order valence-corrected chi connectivity index (χ2v) is 5.32. The first-order valence-corrected chi connectivity index (χ1v) is 5.91. The number of hydrogen-bond donors (Lipinski definition) is 1. The second-order valence-electron chi connectivity index (χ2n) is 3.18. The summed E-state index contributed by atoms with van der Waals surface area (Å²) >= 11 is 0. The summed E-state index contributed by atoms with van der Waals surface area (Å²) in [6.07, 6.45) is 1.80. The summed E-state index contributed by atoms with van der Waals surface area (Å²) < 4.78 is 0. The van der Waals surface area contributed by atoms with Crippen molar-refractivity contribution in [1.29, 1.82) is 0 Å². The fourth-order valence-corrected chi connectivity index (χ4v) is 3.03. The summed E-state index contributed by atoms with van der Waals surface area (Å²) in [6.45, 7) is 2.19. The van der Waals surface area contributed by atoms with Crippen molar-refractivity contribution in [1.82, 2.24) is 4.98 Å². The number of anilines is 1. The maximum Gasteiger partial charge on any atom is 0.337 e. The van der Waals surface area contributed by atoms with Crippen LogP contribution in [0.15, 0.2) is 41.9 Å². The predicted molar refractivity (Wildman–Crippen MR) is 61.4 cm³/mol. The monoisotopic (exact) mass is 205 g/mol. The van der Waals surface area contributed by atoms with Gasteiger partial charge in [-0.2, -0.15) is 4.98 Å². The molecule has 0 amide bonds. The molecule has 0 aliphatic rings. The van der Waals surface area contributed by atoms with E-state index in [2.05, 4.69) is 41.6 Å². The molecule has 2 N–H and O–H groups in total. The molecule has 0 fully saturated rings. The van der Waals surface area contributed by atoms with Crippen LogP contribution in [0.1, 0.15) is 17.7 Å². The normalized spacial score (nSPS) is 13.9. The Balaban J connectivity index is 2.34. The van der Waals surface area contributed by atoms with E-state index in [9.17, 15) is 0 Å². The van der Waals surface area contributed by atoms with Crippen molar-refractivity contribution in [2.75, 3.05) is 5.73 Å². The molecular formula is C11H13N2S+. The van der Waals surface area contributed by atoms with Crippen molar-refractivity contribution in [2.24, 2.45) is 0 Å². The highest BCUT2D eigenvalue weighted by atomic mass is 32.2. The van der Waals surface area contributed by atoms with E-state index in [4.69, 9.17) is 5.73 Å². The van der Waals surface area contributed by atoms with Crippen LogP contribution in [-0.4, -0.2) is 4.98 Å². The molecule has 1 aromatic heterocycles. The van der Waals surface area contributed by atoms with Gasteiger partial charge in [-0.05, 0) is 6.92 Å². The van der Waals surface area contributed by atoms with E-state index in [1.54, 1.807) is 6.20 Å². The number of hydrogen-bond acceptors (Lipinski definition) is 2. The maximum absolute atomic E-state index is 5.82. The molecule has 0 spiro atoms. The van der Waals surface area contributed by atoms with Crippen LogP contribution in [0.3, 0.4) is 0 Å². The molecule has 0 saturated carbocycles. The van der Waals surface area contributed by atoms with Crippen LogP contribution >= 0.6 is 10.5 Å². The molecule has 3 heteroatoms. The third-order valence-electron chi connectivity index (χ3n) is 2.30. The summed E-state index contributed by atoms with van der Waals surface area (Å²) in [5.74, 6) is 0. The third kappa shape index (κ3) is 1.63. The van der Waals surface area contributed by atoms with Gasteiger partial charge in [0, 0.05) is 16.0 Å². The number of aromatic nitrogens is 1. The van der Waals surface area contributed by atoms with Gasteiger partial charge in [0.15, 0.2) is 10.6 Å². The molecule has 0 saturated heterocycles.